The van der Waals surface area contributed by atoms with Gasteiger partial charge in [0, 0.05) is 4.47 Å². The highest BCUT2D eigenvalue weighted by Gasteiger charge is 2.17. The zero-order chi connectivity index (χ0) is 9.26. The Bertz CT molecular complexity index is 349. The molecule has 0 amide bonds. The molecule has 0 radical (unpaired) electrons. The highest BCUT2D eigenvalue weighted by atomic mass is 79.9. The number of nitrogens with zero attached hydrogens (tertiary/aromatic N) is 1. The van der Waals surface area contributed by atoms with Gasteiger partial charge in [0.15, 0.2) is 0 Å². The SMILES string of the molecule is C[C@@H]1COC(c2ccccc2Br)=N1. The fourth-order valence-corrected chi connectivity index (χ4v) is 1.71. The first-order valence-electron chi connectivity index (χ1n) is 4.23. The summed E-state index contributed by atoms with van der Waals surface area (Å²) in [4.78, 5) is 4.38. The number of benzene rings is 1. The minimum atomic E-state index is 0.280. The molecule has 68 valence electrons. The standard InChI is InChI=1S/C10H10BrNO/c1-7-6-13-10(12-7)8-4-2-3-5-9(8)11/h2-5,7H,6H2,1H3/t7-/m1/s1. The van der Waals surface area contributed by atoms with Gasteiger partial charge >= 0.3 is 0 Å². The number of rotatable bonds is 1. The zero-order valence-corrected chi connectivity index (χ0v) is 8.91. The van der Waals surface area contributed by atoms with Gasteiger partial charge in [0.2, 0.25) is 5.90 Å². The van der Waals surface area contributed by atoms with E-state index in [4.69, 9.17) is 4.74 Å². The van der Waals surface area contributed by atoms with E-state index >= 15 is 0 Å². The van der Waals surface area contributed by atoms with Crippen LogP contribution in [0, 0.1) is 0 Å². The van der Waals surface area contributed by atoms with E-state index in [-0.39, 0.29) is 6.04 Å². The minimum absolute atomic E-state index is 0.280. The van der Waals surface area contributed by atoms with Crippen LogP contribution in [0.15, 0.2) is 33.7 Å². The lowest BCUT2D eigenvalue weighted by Crippen LogP contribution is -2.02. The summed E-state index contributed by atoms with van der Waals surface area (Å²) in [7, 11) is 0. The summed E-state index contributed by atoms with van der Waals surface area (Å²) in [6.45, 7) is 2.74. The molecule has 0 fully saturated rings. The second kappa shape index (κ2) is 3.50. The van der Waals surface area contributed by atoms with Crippen molar-refractivity contribution in [1.29, 1.82) is 0 Å². The maximum atomic E-state index is 5.45. The Morgan fingerprint density at radius 3 is 2.85 bits per heavy atom. The monoisotopic (exact) mass is 239 g/mol. The highest BCUT2D eigenvalue weighted by Crippen LogP contribution is 2.20. The van der Waals surface area contributed by atoms with Gasteiger partial charge < -0.3 is 4.74 Å². The van der Waals surface area contributed by atoms with Crippen molar-refractivity contribution in [3.8, 4) is 0 Å². The zero-order valence-electron chi connectivity index (χ0n) is 7.33. The van der Waals surface area contributed by atoms with Crippen LogP contribution in [0.5, 0.6) is 0 Å². The third-order valence-corrected chi connectivity index (χ3v) is 2.59. The van der Waals surface area contributed by atoms with Gasteiger partial charge in [-0.2, -0.15) is 0 Å². The third-order valence-electron chi connectivity index (χ3n) is 1.90. The summed E-state index contributed by atoms with van der Waals surface area (Å²) in [6, 6.07) is 8.23. The van der Waals surface area contributed by atoms with E-state index in [0.29, 0.717) is 6.61 Å². The predicted molar refractivity (Wildman–Crippen MR) is 56.1 cm³/mol. The molecule has 0 unspecified atom stereocenters. The van der Waals surface area contributed by atoms with E-state index < -0.39 is 0 Å². The molecule has 1 aromatic rings. The van der Waals surface area contributed by atoms with Crippen molar-refractivity contribution < 1.29 is 4.74 Å². The number of aliphatic imine (C=N–C) groups is 1. The van der Waals surface area contributed by atoms with Gasteiger partial charge in [0.25, 0.3) is 0 Å². The average Bonchev–Trinajstić information content (AvgIpc) is 2.53. The van der Waals surface area contributed by atoms with Gasteiger partial charge in [-0.25, -0.2) is 4.99 Å². The first-order chi connectivity index (χ1) is 6.27. The molecule has 0 spiro atoms. The molecule has 0 saturated heterocycles. The van der Waals surface area contributed by atoms with Crippen molar-refractivity contribution >= 4 is 21.8 Å². The van der Waals surface area contributed by atoms with Crippen LogP contribution in [0.2, 0.25) is 0 Å². The summed E-state index contributed by atoms with van der Waals surface area (Å²) >= 11 is 3.47. The molecular weight excluding hydrogens is 230 g/mol. The van der Waals surface area contributed by atoms with Crippen molar-refractivity contribution in [2.45, 2.75) is 13.0 Å². The Hall–Kier alpha value is -0.830. The molecule has 0 saturated carbocycles. The lowest BCUT2D eigenvalue weighted by molar-refractivity contribution is 0.324. The lowest BCUT2D eigenvalue weighted by atomic mass is 10.2. The van der Waals surface area contributed by atoms with Crippen LogP contribution in [0.25, 0.3) is 0 Å². The van der Waals surface area contributed by atoms with Gasteiger partial charge in [-0.15, -0.1) is 0 Å². The molecule has 3 heteroatoms. The van der Waals surface area contributed by atoms with E-state index in [9.17, 15) is 0 Å². The molecule has 0 N–H and O–H groups in total. The Balaban J connectivity index is 2.36. The predicted octanol–water partition coefficient (Wildman–Crippen LogP) is 2.61. The number of hydrogen-bond donors (Lipinski definition) is 0. The largest absolute Gasteiger partial charge is 0.475 e. The molecule has 1 aliphatic rings. The van der Waals surface area contributed by atoms with Gasteiger partial charge in [-0.1, -0.05) is 12.1 Å². The van der Waals surface area contributed by atoms with Crippen molar-refractivity contribution in [2.24, 2.45) is 4.99 Å². The van der Waals surface area contributed by atoms with Crippen molar-refractivity contribution in [3.05, 3.63) is 34.3 Å². The molecule has 2 nitrogen and oxygen atoms in total. The Morgan fingerprint density at radius 1 is 1.46 bits per heavy atom. The van der Waals surface area contributed by atoms with Crippen molar-refractivity contribution in [1.82, 2.24) is 0 Å². The third kappa shape index (κ3) is 1.75. The molecule has 2 rings (SSSR count). The lowest BCUT2D eigenvalue weighted by Gasteiger charge is -2.02. The molecule has 1 aromatic carbocycles. The fraction of sp³-hybridized carbons (Fsp3) is 0.300. The maximum absolute atomic E-state index is 5.45. The van der Waals surface area contributed by atoms with E-state index in [0.717, 1.165) is 15.9 Å². The Kier molecular flexibility index (Phi) is 2.36. The maximum Gasteiger partial charge on any atom is 0.217 e. The van der Waals surface area contributed by atoms with Crippen LogP contribution in [-0.4, -0.2) is 18.5 Å². The fourth-order valence-electron chi connectivity index (χ4n) is 1.26. The topological polar surface area (TPSA) is 21.6 Å². The number of ether oxygens (including phenoxy) is 1. The van der Waals surface area contributed by atoms with E-state index in [1.165, 1.54) is 0 Å². The average molecular weight is 240 g/mol. The molecular formula is C10H10BrNO. The summed E-state index contributed by atoms with van der Waals surface area (Å²) in [6.07, 6.45) is 0. The molecule has 1 atom stereocenters. The number of halogens is 1. The first-order valence-corrected chi connectivity index (χ1v) is 5.02. The highest BCUT2D eigenvalue weighted by molar-refractivity contribution is 9.10. The minimum Gasteiger partial charge on any atom is -0.475 e. The van der Waals surface area contributed by atoms with Crippen LogP contribution in [0.3, 0.4) is 0 Å². The van der Waals surface area contributed by atoms with Crippen LogP contribution < -0.4 is 0 Å². The van der Waals surface area contributed by atoms with E-state index in [1.54, 1.807) is 0 Å². The molecule has 0 bridgehead atoms. The molecule has 0 aliphatic carbocycles. The Labute approximate surface area is 85.8 Å². The van der Waals surface area contributed by atoms with Crippen LogP contribution in [-0.2, 0) is 4.74 Å². The molecule has 1 heterocycles. The molecule has 13 heavy (non-hydrogen) atoms. The second-order valence-corrected chi connectivity index (χ2v) is 3.93. The number of hydrogen-bond acceptors (Lipinski definition) is 2. The summed E-state index contributed by atoms with van der Waals surface area (Å²) in [5.41, 5.74) is 1.03. The van der Waals surface area contributed by atoms with E-state index in [2.05, 4.69) is 20.9 Å². The van der Waals surface area contributed by atoms with E-state index in [1.807, 2.05) is 31.2 Å². The first kappa shape index (κ1) is 8.75. The van der Waals surface area contributed by atoms with Gasteiger partial charge in [-0.05, 0) is 35.0 Å². The molecule has 0 aromatic heterocycles. The van der Waals surface area contributed by atoms with Crippen LogP contribution >= 0.6 is 15.9 Å². The summed E-state index contributed by atoms with van der Waals surface area (Å²) in [5.74, 6) is 0.750. The van der Waals surface area contributed by atoms with Gasteiger partial charge in [-0.3, -0.25) is 0 Å². The van der Waals surface area contributed by atoms with Crippen molar-refractivity contribution in [2.75, 3.05) is 6.61 Å². The Morgan fingerprint density at radius 2 is 2.23 bits per heavy atom. The van der Waals surface area contributed by atoms with Crippen LogP contribution in [0.4, 0.5) is 0 Å². The van der Waals surface area contributed by atoms with Gasteiger partial charge in [0.1, 0.15) is 6.61 Å². The molecule has 1 aliphatic heterocycles. The van der Waals surface area contributed by atoms with Gasteiger partial charge in [0.05, 0.1) is 11.6 Å². The summed E-state index contributed by atoms with van der Waals surface area (Å²) < 4.78 is 6.48. The van der Waals surface area contributed by atoms with Crippen molar-refractivity contribution in [3.63, 3.8) is 0 Å². The normalized spacial score (nSPS) is 21.1. The smallest absolute Gasteiger partial charge is 0.217 e. The van der Waals surface area contributed by atoms with Crippen LogP contribution in [0.1, 0.15) is 12.5 Å². The quantitative estimate of drug-likeness (QED) is 0.739. The summed E-state index contributed by atoms with van der Waals surface area (Å²) in [5, 5.41) is 0. The second-order valence-electron chi connectivity index (χ2n) is 3.07.